The summed E-state index contributed by atoms with van der Waals surface area (Å²) in [4.78, 5) is 4.36. The van der Waals surface area contributed by atoms with E-state index in [9.17, 15) is 0 Å². The first-order valence-electron chi connectivity index (χ1n) is 9.74. The number of hydrogen-bond donors (Lipinski definition) is 2. The van der Waals surface area contributed by atoms with E-state index in [4.69, 9.17) is 18.6 Å². The molecule has 28 heavy (non-hydrogen) atoms. The van der Waals surface area contributed by atoms with Gasteiger partial charge in [-0.1, -0.05) is 6.07 Å². The number of nitrogens with one attached hydrogen (secondary N) is 2. The molecule has 0 unspecified atom stereocenters. The molecular formula is C21H27N3O4. The topological polar surface area (TPSA) is 77.3 Å². The van der Waals surface area contributed by atoms with Crippen LogP contribution in [0.25, 0.3) is 0 Å². The van der Waals surface area contributed by atoms with E-state index in [0.717, 1.165) is 68.8 Å². The maximum atomic E-state index is 5.64. The van der Waals surface area contributed by atoms with Crippen LogP contribution in [0.2, 0.25) is 0 Å². The van der Waals surface area contributed by atoms with E-state index in [0.29, 0.717) is 6.79 Å². The van der Waals surface area contributed by atoms with Gasteiger partial charge in [0.25, 0.3) is 0 Å². The van der Waals surface area contributed by atoms with E-state index in [2.05, 4.69) is 27.8 Å². The molecule has 1 fully saturated rings. The van der Waals surface area contributed by atoms with Crippen molar-refractivity contribution in [2.24, 2.45) is 4.99 Å². The fourth-order valence-corrected chi connectivity index (χ4v) is 3.79. The normalized spacial score (nSPS) is 18.1. The molecule has 0 spiro atoms. The molecule has 0 saturated carbocycles. The van der Waals surface area contributed by atoms with Gasteiger partial charge in [0, 0.05) is 45.2 Å². The van der Waals surface area contributed by atoms with Crippen LogP contribution >= 0.6 is 0 Å². The number of furan rings is 1. The molecule has 2 N–H and O–H groups in total. The van der Waals surface area contributed by atoms with E-state index >= 15 is 0 Å². The fourth-order valence-electron chi connectivity index (χ4n) is 3.79. The molecule has 4 rings (SSSR count). The predicted molar refractivity (Wildman–Crippen MR) is 106 cm³/mol. The molecule has 2 aliphatic heterocycles. The molecule has 150 valence electrons. The fraction of sp³-hybridized carbons (Fsp3) is 0.476. The Bertz CT molecular complexity index is 798. The Hall–Kier alpha value is -2.67. The lowest BCUT2D eigenvalue weighted by Crippen LogP contribution is -2.48. The minimum Gasteiger partial charge on any atom is -0.469 e. The Labute approximate surface area is 165 Å². The molecule has 0 atom stereocenters. The minimum atomic E-state index is -0.0299. The van der Waals surface area contributed by atoms with Gasteiger partial charge >= 0.3 is 0 Å². The summed E-state index contributed by atoms with van der Waals surface area (Å²) in [6.45, 7) is 3.32. The van der Waals surface area contributed by atoms with Gasteiger partial charge in [-0.3, -0.25) is 4.99 Å². The first-order valence-corrected chi connectivity index (χ1v) is 9.74. The minimum absolute atomic E-state index is 0.0299. The molecule has 0 radical (unpaired) electrons. The summed E-state index contributed by atoms with van der Waals surface area (Å²) < 4.78 is 22.1. The average Bonchev–Trinajstić information content (AvgIpc) is 3.42. The van der Waals surface area contributed by atoms with Gasteiger partial charge in [-0.25, -0.2) is 0 Å². The van der Waals surface area contributed by atoms with E-state index < -0.39 is 0 Å². The highest BCUT2D eigenvalue weighted by Gasteiger charge is 2.35. The zero-order chi connectivity index (χ0) is 19.2. The number of hydrogen-bond acceptors (Lipinski definition) is 5. The van der Waals surface area contributed by atoms with E-state index in [1.165, 1.54) is 5.56 Å². The van der Waals surface area contributed by atoms with Gasteiger partial charge in [0.2, 0.25) is 6.79 Å². The van der Waals surface area contributed by atoms with Crippen molar-refractivity contribution in [1.82, 2.24) is 10.6 Å². The summed E-state index contributed by atoms with van der Waals surface area (Å²) in [5.74, 6) is 3.39. The van der Waals surface area contributed by atoms with Gasteiger partial charge in [0.1, 0.15) is 5.76 Å². The number of ether oxygens (including phenoxy) is 3. The molecule has 2 aromatic rings. The van der Waals surface area contributed by atoms with Crippen LogP contribution in [-0.2, 0) is 16.6 Å². The number of benzene rings is 1. The third kappa shape index (κ3) is 4.09. The quantitative estimate of drug-likeness (QED) is 0.588. The van der Waals surface area contributed by atoms with Crippen LogP contribution in [-0.4, -0.2) is 46.1 Å². The van der Waals surface area contributed by atoms with Crippen LogP contribution in [0.4, 0.5) is 0 Å². The smallest absolute Gasteiger partial charge is 0.231 e. The Morgan fingerprint density at radius 2 is 1.96 bits per heavy atom. The van der Waals surface area contributed by atoms with Crippen molar-refractivity contribution in [3.05, 3.63) is 47.9 Å². The number of guanidine groups is 1. The average molecular weight is 385 g/mol. The third-order valence-electron chi connectivity index (χ3n) is 5.50. The van der Waals surface area contributed by atoms with Crippen LogP contribution in [0.15, 0.2) is 46.0 Å². The number of fused-ring (bicyclic) bond motifs is 1. The van der Waals surface area contributed by atoms with Gasteiger partial charge in [-0.2, -0.15) is 0 Å². The van der Waals surface area contributed by atoms with Gasteiger partial charge in [-0.15, -0.1) is 0 Å². The Kier molecular flexibility index (Phi) is 5.71. The molecular weight excluding hydrogens is 358 g/mol. The van der Waals surface area contributed by atoms with E-state index in [-0.39, 0.29) is 5.41 Å². The molecule has 7 heteroatoms. The van der Waals surface area contributed by atoms with Crippen LogP contribution in [0.1, 0.15) is 24.2 Å². The van der Waals surface area contributed by atoms with Crippen LogP contribution in [0.3, 0.4) is 0 Å². The van der Waals surface area contributed by atoms with Crippen molar-refractivity contribution in [1.29, 1.82) is 0 Å². The lowest BCUT2D eigenvalue weighted by Gasteiger charge is -2.38. The van der Waals surface area contributed by atoms with Crippen molar-refractivity contribution in [3.63, 3.8) is 0 Å². The van der Waals surface area contributed by atoms with Crippen molar-refractivity contribution < 1.29 is 18.6 Å². The van der Waals surface area contributed by atoms with Crippen LogP contribution < -0.4 is 20.1 Å². The van der Waals surface area contributed by atoms with Crippen LogP contribution in [0, 0.1) is 0 Å². The molecule has 1 aromatic carbocycles. The highest BCUT2D eigenvalue weighted by Crippen LogP contribution is 2.40. The standard InChI is InChI=1S/C21H27N3O4/c1-22-20(23-9-6-17-3-2-10-26-17)24-14-21(7-11-25-12-8-21)16-4-5-18-19(13-16)28-15-27-18/h2-5,10,13H,6-9,11-12,14-15H2,1H3,(H2,22,23,24). The summed E-state index contributed by atoms with van der Waals surface area (Å²) in [6, 6.07) is 10.2. The molecule has 0 aliphatic carbocycles. The zero-order valence-electron chi connectivity index (χ0n) is 16.2. The Morgan fingerprint density at radius 3 is 2.75 bits per heavy atom. The van der Waals surface area contributed by atoms with Gasteiger partial charge in [-0.05, 0) is 42.7 Å². The summed E-state index contributed by atoms with van der Waals surface area (Å²) in [5, 5.41) is 6.87. The maximum absolute atomic E-state index is 5.64. The van der Waals surface area contributed by atoms with Gasteiger partial charge in [0.15, 0.2) is 17.5 Å². The third-order valence-corrected chi connectivity index (χ3v) is 5.50. The zero-order valence-corrected chi connectivity index (χ0v) is 16.2. The highest BCUT2D eigenvalue weighted by atomic mass is 16.7. The predicted octanol–water partition coefficient (Wildman–Crippen LogP) is 2.46. The summed E-state index contributed by atoms with van der Waals surface area (Å²) in [5.41, 5.74) is 1.22. The Morgan fingerprint density at radius 1 is 1.11 bits per heavy atom. The lowest BCUT2D eigenvalue weighted by molar-refractivity contribution is 0.0513. The molecule has 1 aromatic heterocycles. The molecule has 0 amide bonds. The van der Waals surface area contributed by atoms with Crippen molar-refractivity contribution >= 4 is 5.96 Å². The van der Waals surface area contributed by atoms with Crippen molar-refractivity contribution in [3.8, 4) is 11.5 Å². The number of nitrogens with zero attached hydrogens (tertiary/aromatic N) is 1. The van der Waals surface area contributed by atoms with Gasteiger partial charge < -0.3 is 29.3 Å². The van der Waals surface area contributed by atoms with E-state index in [1.54, 1.807) is 13.3 Å². The SMILES string of the molecule is CN=C(NCCc1ccco1)NCC1(c2ccc3c(c2)OCO3)CCOCC1. The first kappa shape index (κ1) is 18.7. The summed E-state index contributed by atoms with van der Waals surface area (Å²) in [6.07, 6.45) is 4.41. The lowest BCUT2D eigenvalue weighted by atomic mass is 9.74. The highest BCUT2D eigenvalue weighted by molar-refractivity contribution is 5.79. The second kappa shape index (κ2) is 8.56. The molecule has 2 aliphatic rings. The summed E-state index contributed by atoms with van der Waals surface area (Å²) >= 11 is 0. The van der Waals surface area contributed by atoms with Crippen molar-refractivity contribution in [2.75, 3.05) is 40.1 Å². The molecule has 3 heterocycles. The van der Waals surface area contributed by atoms with Crippen molar-refractivity contribution in [2.45, 2.75) is 24.7 Å². The second-order valence-corrected chi connectivity index (χ2v) is 7.14. The molecule has 1 saturated heterocycles. The van der Waals surface area contributed by atoms with E-state index in [1.807, 2.05) is 18.2 Å². The summed E-state index contributed by atoms with van der Waals surface area (Å²) in [7, 11) is 1.79. The maximum Gasteiger partial charge on any atom is 0.231 e. The second-order valence-electron chi connectivity index (χ2n) is 7.14. The van der Waals surface area contributed by atoms with Gasteiger partial charge in [0.05, 0.1) is 6.26 Å². The number of aliphatic imine (C=N–C) groups is 1. The molecule has 0 bridgehead atoms. The van der Waals surface area contributed by atoms with Crippen LogP contribution in [0.5, 0.6) is 11.5 Å². The monoisotopic (exact) mass is 385 g/mol. The Balaban J connectivity index is 1.41. The largest absolute Gasteiger partial charge is 0.469 e. The first-order chi connectivity index (χ1) is 13.8. The number of rotatable bonds is 6. The molecule has 7 nitrogen and oxygen atoms in total.